The quantitative estimate of drug-likeness (QED) is 0.365. The highest BCUT2D eigenvalue weighted by Crippen LogP contribution is 2.35. The number of nitrogens with zero attached hydrogens (tertiary/aromatic N) is 3. The van der Waals surface area contributed by atoms with Gasteiger partial charge in [0, 0.05) is 6.04 Å². The summed E-state index contributed by atoms with van der Waals surface area (Å²) in [6.07, 6.45) is 1.59. The van der Waals surface area contributed by atoms with Gasteiger partial charge in [-0.25, -0.2) is 9.59 Å². The van der Waals surface area contributed by atoms with E-state index in [1.165, 1.54) is 26.0 Å². The molecule has 0 atom stereocenters. The minimum absolute atomic E-state index is 0.0142. The number of aromatic nitrogens is 3. The van der Waals surface area contributed by atoms with Gasteiger partial charge in [-0.15, -0.1) is 21.5 Å². The number of thioether (sulfide) groups is 1. The molecule has 0 bridgehead atoms. The molecule has 0 saturated carbocycles. The van der Waals surface area contributed by atoms with E-state index < -0.39 is 11.9 Å². The number of esters is 2. The second-order valence-electron chi connectivity index (χ2n) is 7.24. The zero-order valence-electron chi connectivity index (χ0n) is 19.0. The van der Waals surface area contributed by atoms with E-state index in [1.54, 1.807) is 13.2 Å². The van der Waals surface area contributed by atoms with Crippen molar-refractivity contribution in [3.63, 3.8) is 0 Å². The molecule has 3 heterocycles. The van der Waals surface area contributed by atoms with Gasteiger partial charge in [0.2, 0.25) is 5.91 Å². The predicted octanol–water partition coefficient (Wildman–Crippen LogP) is 4.10. The number of furan rings is 1. The van der Waals surface area contributed by atoms with E-state index in [9.17, 15) is 14.4 Å². The first kappa shape index (κ1) is 24.5. The number of hydrogen-bond donors (Lipinski definition) is 1. The summed E-state index contributed by atoms with van der Waals surface area (Å²) in [4.78, 5) is 37.2. The number of anilines is 1. The Bertz CT molecular complexity index is 1190. The Labute approximate surface area is 198 Å². The molecule has 3 rings (SSSR count). The summed E-state index contributed by atoms with van der Waals surface area (Å²) in [5.74, 6) is -0.221. The fourth-order valence-electron chi connectivity index (χ4n) is 3.17. The Kier molecular flexibility index (Phi) is 7.59. The van der Waals surface area contributed by atoms with E-state index in [2.05, 4.69) is 15.5 Å². The number of nitrogens with one attached hydrogen (secondary N) is 1. The Hall–Kier alpha value is -3.12. The van der Waals surface area contributed by atoms with Crippen molar-refractivity contribution in [1.29, 1.82) is 0 Å². The molecule has 0 radical (unpaired) electrons. The molecule has 12 heteroatoms. The number of aryl methyl sites for hydroxylation is 1. The van der Waals surface area contributed by atoms with Crippen molar-refractivity contribution < 1.29 is 28.3 Å². The van der Waals surface area contributed by atoms with Gasteiger partial charge in [0.1, 0.15) is 15.6 Å². The predicted molar refractivity (Wildman–Crippen MR) is 124 cm³/mol. The highest BCUT2D eigenvalue weighted by molar-refractivity contribution is 7.99. The first-order chi connectivity index (χ1) is 15.7. The van der Waals surface area contributed by atoms with E-state index in [4.69, 9.17) is 13.9 Å². The lowest BCUT2D eigenvalue weighted by atomic mass is 10.1. The van der Waals surface area contributed by atoms with Crippen molar-refractivity contribution in [3.05, 3.63) is 34.1 Å². The highest BCUT2D eigenvalue weighted by Gasteiger charge is 2.27. The van der Waals surface area contributed by atoms with Gasteiger partial charge in [-0.05, 0) is 39.3 Å². The van der Waals surface area contributed by atoms with Crippen molar-refractivity contribution in [2.75, 3.05) is 25.3 Å². The highest BCUT2D eigenvalue weighted by atomic mass is 32.2. The topological polar surface area (TPSA) is 126 Å². The van der Waals surface area contributed by atoms with E-state index in [0.29, 0.717) is 16.5 Å². The second kappa shape index (κ2) is 10.2. The lowest BCUT2D eigenvalue weighted by molar-refractivity contribution is -0.113. The number of carbonyl (C=O) groups excluding carboxylic acids is 3. The molecule has 0 aliphatic carbocycles. The zero-order valence-corrected chi connectivity index (χ0v) is 20.7. The fraction of sp³-hybridized carbons (Fsp3) is 0.381. The number of hydrogen-bond acceptors (Lipinski definition) is 10. The normalized spacial score (nSPS) is 11.0. The fourth-order valence-corrected chi connectivity index (χ4v) is 5.17. The molecular weight excluding hydrogens is 468 g/mol. The smallest absolute Gasteiger partial charge is 0.348 e. The number of ether oxygens (including phenoxy) is 2. The van der Waals surface area contributed by atoms with Crippen LogP contribution in [0.3, 0.4) is 0 Å². The van der Waals surface area contributed by atoms with Crippen LogP contribution in [0.2, 0.25) is 0 Å². The summed E-state index contributed by atoms with van der Waals surface area (Å²) in [5, 5.41) is 12.0. The van der Waals surface area contributed by atoms with Gasteiger partial charge in [-0.2, -0.15) is 0 Å². The first-order valence-corrected chi connectivity index (χ1v) is 11.7. The van der Waals surface area contributed by atoms with Crippen LogP contribution in [0.1, 0.15) is 51.2 Å². The maximum atomic E-state index is 12.7. The van der Waals surface area contributed by atoms with Crippen molar-refractivity contribution >= 4 is 45.9 Å². The number of amides is 1. The standard InChI is InChI=1S/C21H24N4O6S2/c1-10(2)25-17(13-7-8-31-12(13)4)23-24-21(25)32-9-14(26)22-18-15(19(27)29-5)11(3)16(33-18)20(28)30-6/h7-8,10H,9H2,1-6H3,(H,22,26). The summed E-state index contributed by atoms with van der Waals surface area (Å²) in [6, 6.07) is 1.87. The van der Waals surface area contributed by atoms with Gasteiger partial charge in [-0.1, -0.05) is 11.8 Å². The molecule has 0 aromatic carbocycles. The molecule has 0 aliphatic rings. The lowest BCUT2D eigenvalue weighted by Crippen LogP contribution is -2.16. The van der Waals surface area contributed by atoms with Crippen molar-refractivity contribution in [3.8, 4) is 11.4 Å². The minimum atomic E-state index is -0.651. The zero-order chi connectivity index (χ0) is 24.3. The number of methoxy groups -OCH3 is 2. The maximum Gasteiger partial charge on any atom is 0.348 e. The van der Waals surface area contributed by atoms with Crippen LogP contribution >= 0.6 is 23.1 Å². The van der Waals surface area contributed by atoms with Crippen molar-refractivity contribution in [1.82, 2.24) is 14.8 Å². The molecule has 10 nitrogen and oxygen atoms in total. The molecular formula is C21H24N4O6S2. The SMILES string of the molecule is COC(=O)c1sc(NC(=O)CSc2nnc(-c3ccoc3C)n2C(C)C)c(C(=O)OC)c1C. The third kappa shape index (κ3) is 4.96. The van der Waals surface area contributed by atoms with Crippen LogP contribution in [-0.2, 0) is 14.3 Å². The van der Waals surface area contributed by atoms with Crippen LogP contribution in [0.4, 0.5) is 5.00 Å². The average Bonchev–Trinajstić information content (AvgIpc) is 3.48. The maximum absolute atomic E-state index is 12.7. The monoisotopic (exact) mass is 492 g/mol. The van der Waals surface area contributed by atoms with Gasteiger partial charge in [0.25, 0.3) is 0 Å². The molecule has 0 unspecified atom stereocenters. The number of carbonyl (C=O) groups is 3. The average molecular weight is 493 g/mol. The first-order valence-electron chi connectivity index (χ1n) is 9.91. The third-order valence-corrected chi connectivity index (χ3v) is 6.90. The van der Waals surface area contributed by atoms with Crippen LogP contribution < -0.4 is 5.32 Å². The van der Waals surface area contributed by atoms with Crippen LogP contribution in [0.5, 0.6) is 0 Å². The summed E-state index contributed by atoms with van der Waals surface area (Å²) in [7, 11) is 2.48. The third-order valence-electron chi connectivity index (χ3n) is 4.77. The van der Waals surface area contributed by atoms with Crippen LogP contribution in [-0.4, -0.2) is 52.6 Å². The Balaban J connectivity index is 1.80. The van der Waals surface area contributed by atoms with Gasteiger partial charge in [0.15, 0.2) is 11.0 Å². The second-order valence-corrected chi connectivity index (χ2v) is 9.20. The Morgan fingerprint density at radius 3 is 2.45 bits per heavy atom. The molecule has 0 spiro atoms. The Morgan fingerprint density at radius 1 is 1.18 bits per heavy atom. The summed E-state index contributed by atoms with van der Waals surface area (Å²) in [6.45, 7) is 7.44. The van der Waals surface area contributed by atoms with Crippen LogP contribution in [0, 0.1) is 13.8 Å². The summed E-state index contributed by atoms with van der Waals surface area (Å²) < 4.78 is 16.9. The van der Waals surface area contributed by atoms with Gasteiger partial charge in [-0.3, -0.25) is 9.36 Å². The van der Waals surface area contributed by atoms with E-state index in [1.807, 2.05) is 31.4 Å². The van der Waals surface area contributed by atoms with Crippen LogP contribution in [0.25, 0.3) is 11.4 Å². The molecule has 3 aromatic heterocycles. The van der Waals surface area contributed by atoms with Gasteiger partial charge >= 0.3 is 11.9 Å². The van der Waals surface area contributed by atoms with Crippen molar-refractivity contribution in [2.24, 2.45) is 0 Å². The lowest BCUT2D eigenvalue weighted by Gasteiger charge is -2.13. The van der Waals surface area contributed by atoms with E-state index >= 15 is 0 Å². The summed E-state index contributed by atoms with van der Waals surface area (Å²) >= 11 is 2.18. The van der Waals surface area contributed by atoms with Crippen molar-refractivity contribution in [2.45, 2.75) is 38.9 Å². The number of thiophene rings is 1. The van der Waals surface area contributed by atoms with E-state index in [-0.39, 0.29) is 33.1 Å². The largest absolute Gasteiger partial charge is 0.469 e. The van der Waals surface area contributed by atoms with Gasteiger partial charge < -0.3 is 19.2 Å². The molecule has 33 heavy (non-hydrogen) atoms. The molecule has 176 valence electrons. The van der Waals surface area contributed by atoms with E-state index in [0.717, 1.165) is 22.7 Å². The Morgan fingerprint density at radius 2 is 1.88 bits per heavy atom. The molecule has 1 N–H and O–H groups in total. The molecule has 1 amide bonds. The van der Waals surface area contributed by atoms with Gasteiger partial charge in [0.05, 0.1) is 37.4 Å². The van der Waals surface area contributed by atoms with Crippen LogP contribution in [0.15, 0.2) is 21.9 Å². The minimum Gasteiger partial charge on any atom is -0.469 e. The summed E-state index contributed by atoms with van der Waals surface area (Å²) in [5.41, 5.74) is 1.35. The molecule has 3 aromatic rings. The molecule has 0 saturated heterocycles. The molecule has 0 fully saturated rings. The number of rotatable bonds is 8. The molecule has 0 aliphatic heterocycles.